The van der Waals surface area contributed by atoms with E-state index < -0.39 is 5.95 Å². The van der Waals surface area contributed by atoms with Crippen LogP contribution in [0.1, 0.15) is 26.3 Å². The Labute approximate surface area is 59.0 Å². The molecule has 0 amide bonds. The summed E-state index contributed by atoms with van der Waals surface area (Å²) in [5.74, 6) is -0.507. The second-order valence-electron chi connectivity index (χ2n) is 3.27. The number of rotatable bonds is 0. The van der Waals surface area contributed by atoms with Crippen LogP contribution in [-0.4, -0.2) is 5.16 Å². The molecule has 1 heterocycles. The van der Waals surface area contributed by atoms with Gasteiger partial charge in [0.15, 0.2) is 0 Å². The third-order valence-electron chi connectivity index (χ3n) is 1.33. The monoisotopic (exact) mass is 143 g/mol. The molecule has 0 spiro atoms. The van der Waals surface area contributed by atoms with Crippen LogP contribution in [0.5, 0.6) is 0 Å². The van der Waals surface area contributed by atoms with Gasteiger partial charge < -0.3 is 4.52 Å². The van der Waals surface area contributed by atoms with Crippen molar-refractivity contribution in [1.29, 1.82) is 0 Å². The highest BCUT2D eigenvalue weighted by molar-refractivity contribution is 5.14. The molecule has 0 saturated heterocycles. The Hall–Kier alpha value is -0.860. The van der Waals surface area contributed by atoms with Gasteiger partial charge in [-0.05, 0) is 10.6 Å². The van der Waals surface area contributed by atoms with Crippen LogP contribution >= 0.6 is 0 Å². The summed E-state index contributed by atoms with van der Waals surface area (Å²) in [5, 5.41) is 3.14. The largest absolute Gasteiger partial charge is 0.362 e. The van der Waals surface area contributed by atoms with Gasteiger partial charge in [-0.3, -0.25) is 0 Å². The highest BCUT2D eigenvalue weighted by Crippen LogP contribution is 2.23. The first kappa shape index (κ1) is 7.25. The lowest BCUT2D eigenvalue weighted by Crippen LogP contribution is -2.11. The Morgan fingerprint density at radius 1 is 1.50 bits per heavy atom. The maximum absolute atomic E-state index is 12.6. The Morgan fingerprint density at radius 2 is 2.10 bits per heavy atom. The van der Waals surface area contributed by atoms with Crippen LogP contribution in [0.2, 0.25) is 0 Å². The van der Waals surface area contributed by atoms with Crippen LogP contribution in [0, 0.1) is 5.95 Å². The van der Waals surface area contributed by atoms with Crippen molar-refractivity contribution in [2.45, 2.75) is 26.2 Å². The van der Waals surface area contributed by atoms with Crippen molar-refractivity contribution < 1.29 is 8.91 Å². The van der Waals surface area contributed by atoms with Gasteiger partial charge in [0.2, 0.25) is 0 Å². The van der Waals surface area contributed by atoms with Gasteiger partial charge in [-0.25, -0.2) is 0 Å². The van der Waals surface area contributed by atoms with Crippen molar-refractivity contribution in [3.05, 3.63) is 17.8 Å². The minimum atomic E-state index is -0.507. The molecule has 0 atom stereocenters. The highest BCUT2D eigenvalue weighted by atomic mass is 19.1. The third kappa shape index (κ3) is 1.17. The molecule has 0 unspecified atom stereocenters. The average Bonchev–Trinajstić information content (AvgIpc) is 2.11. The molecular formula is C7H10FNO. The van der Waals surface area contributed by atoms with Gasteiger partial charge in [0.25, 0.3) is 5.95 Å². The maximum atomic E-state index is 12.6. The first-order chi connectivity index (χ1) is 4.52. The Balaban J connectivity index is 3.05. The Morgan fingerprint density at radius 3 is 2.30 bits per heavy atom. The van der Waals surface area contributed by atoms with E-state index in [0.29, 0.717) is 5.56 Å². The first-order valence-corrected chi connectivity index (χ1v) is 3.12. The molecule has 2 nitrogen and oxygen atoms in total. The fourth-order valence-electron chi connectivity index (χ4n) is 0.709. The quantitative estimate of drug-likeness (QED) is 0.556. The summed E-state index contributed by atoms with van der Waals surface area (Å²) in [4.78, 5) is 0. The summed E-state index contributed by atoms with van der Waals surface area (Å²) in [5.41, 5.74) is 0.303. The van der Waals surface area contributed by atoms with E-state index >= 15 is 0 Å². The number of hydrogen-bond acceptors (Lipinski definition) is 2. The van der Waals surface area contributed by atoms with Crippen LogP contribution in [0.4, 0.5) is 4.39 Å². The van der Waals surface area contributed by atoms with Crippen LogP contribution < -0.4 is 0 Å². The molecule has 0 N–H and O–H groups in total. The van der Waals surface area contributed by atoms with E-state index in [2.05, 4.69) is 9.68 Å². The fraction of sp³-hybridized carbons (Fsp3) is 0.571. The Kier molecular flexibility index (Phi) is 1.50. The predicted octanol–water partition coefficient (Wildman–Crippen LogP) is 2.11. The zero-order valence-corrected chi connectivity index (χ0v) is 6.31. The van der Waals surface area contributed by atoms with Gasteiger partial charge in [-0.15, -0.1) is 0 Å². The molecule has 0 saturated carbocycles. The molecule has 1 aromatic rings. The predicted molar refractivity (Wildman–Crippen MR) is 35.2 cm³/mol. The Bertz CT molecular complexity index is 224. The van der Waals surface area contributed by atoms with E-state index in [1.165, 1.54) is 6.26 Å². The second kappa shape index (κ2) is 2.08. The highest BCUT2D eigenvalue weighted by Gasteiger charge is 2.21. The van der Waals surface area contributed by atoms with Crippen LogP contribution in [0.15, 0.2) is 10.8 Å². The molecule has 3 heteroatoms. The van der Waals surface area contributed by atoms with Crippen molar-refractivity contribution >= 4 is 0 Å². The summed E-state index contributed by atoms with van der Waals surface area (Å²) in [6, 6.07) is 0. The lowest BCUT2D eigenvalue weighted by Gasteiger charge is -2.13. The molecule has 0 aliphatic carbocycles. The van der Waals surface area contributed by atoms with Crippen molar-refractivity contribution in [2.24, 2.45) is 0 Å². The normalized spacial score (nSPS) is 12.0. The van der Waals surface area contributed by atoms with E-state index in [9.17, 15) is 4.39 Å². The molecule has 0 aliphatic heterocycles. The van der Waals surface area contributed by atoms with Gasteiger partial charge in [0.05, 0.1) is 5.56 Å². The first-order valence-electron chi connectivity index (χ1n) is 3.12. The number of aromatic nitrogens is 1. The SMILES string of the molecule is CC(C)(C)c1conc1F. The van der Waals surface area contributed by atoms with Crippen LogP contribution in [0.25, 0.3) is 0 Å². The zero-order valence-electron chi connectivity index (χ0n) is 6.31. The lowest BCUT2D eigenvalue weighted by atomic mass is 9.90. The minimum absolute atomic E-state index is 0.218. The van der Waals surface area contributed by atoms with Crippen molar-refractivity contribution in [1.82, 2.24) is 5.16 Å². The summed E-state index contributed by atoms with van der Waals surface area (Å²) in [6.45, 7) is 5.72. The third-order valence-corrected chi connectivity index (χ3v) is 1.33. The van der Waals surface area contributed by atoms with Crippen molar-refractivity contribution in [2.75, 3.05) is 0 Å². The number of hydrogen-bond donors (Lipinski definition) is 0. The zero-order chi connectivity index (χ0) is 7.78. The minimum Gasteiger partial charge on any atom is -0.362 e. The lowest BCUT2D eigenvalue weighted by molar-refractivity contribution is 0.375. The molecule has 1 rings (SSSR count). The van der Waals surface area contributed by atoms with Gasteiger partial charge >= 0.3 is 0 Å². The van der Waals surface area contributed by atoms with Gasteiger partial charge in [-0.2, -0.15) is 4.39 Å². The second-order valence-corrected chi connectivity index (χ2v) is 3.27. The molecule has 0 aliphatic rings. The summed E-state index contributed by atoms with van der Waals surface area (Å²) >= 11 is 0. The molecule has 56 valence electrons. The fourth-order valence-corrected chi connectivity index (χ4v) is 0.709. The van der Waals surface area contributed by atoms with Crippen molar-refractivity contribution in [3.63, 3.8) is 0 Å². The topological polar surface area (TPSA) is 26.0 Å². The smallest absolute Gasteiger partial charge is 0.257 e. The van der Waals surface area contributed by atoms with Gasteiger partial charge in [0.1, 0.15) is 6.26 Å². The molecule has 0 radical (unpaired) electrons. The number of nitrogens with zero attached hydrogens (tertiary/aromatic N) is 1. The van der Waals surface area contributed by atoms with E-state index in [4.69, 9.17) is 0 Å². The number of halogens is 1. The molecule has 0 bridgehead atoms. The summed E-state index contributed by atoms with van der Waals surface area (Å²) < 4.78 is 17.1. The van der Waals surface area contributed by atoms with E-state index in [-0.39, 0.29) is 5.41 Å². The summed E-state index contributed by atoms with van der Waals surface area (Å²) in [7, 11) is 0. The van der Waals surface area contributed by atoms with E-state index in [1.54, 1.807) is 0 Å². The molecular weight excluding hydrogens is 133 g/mol. The summed E-state index contributed by atoms with van der Waals surface area (Å²) in [6.07, 6.45) is 1.34. The standard InChI is InChI=1S/C7H10FNO/c1-7(2,3)5-4-10-9-6(5)8/h4H,1-3H3. The molecule has 0 aromatic carbocycles. The van der Waals surface area contributed by atoms with Crippen LogP contribution in [0.3, 0.4) is 0 Å². The van der Waals surface area contributed by atoms with Crippen molar-refractivity contribution in [3.8, 4) is 0 Å². The molecule has 1 aromatic heterocycles. The van der Waals surface area contributed by atoms with E-state index in [1.807, 2.05) is 20.8 Å². The molecule has 10 heavy (non-hydrogen) atoms. The maximum Gasteiger partial charge on any atom is 0.257 e. The van der Waals surface area contributed by atoms with Gasteiger partial charge in [0, 0.05) is 0 Å². The molecule has 0 fully saturated rings. The average molecular weight is 143 g/mol. The van der Waals surface area contributed by atoms with Crippen LogP contribution in [-0.2, 0) is 5.41 Å². The van der Waals surface area contributed by atoms with E-state index in [0.717, 1.165) is 0 Å². The van der Waals surface area contributed by atoms with Gasteiger partial charge in [-0.1, -0.05) is 20.8 Å².